The van der Waals surface area contributed by atoms with Crippen LogP contribution in [0.1, 0.15) is 69.9 Å². The van der Waals surface area contributed by atoms with Crippen molar-refractivity contribution >= 4 is 5.91 Å². The number of aryl methyl sites for hydroxylation is 1. The Hall–Kier alpha value is -2.29. The molecule has 1 fully saturated rings. The van der Waals surface area contributed by atoms with Crippen molar-refractivity contribution in [3.63, 3.8) is 0 Å². The van der Waals surface area contributed by atoms with Gasteiger partial charge in [0.25, 0.3) is 0 Å². The average molecular weight is 440 g/mol. The molecule has 0 spiro atoms. The molecule has 1 aromatic carbocycles. The summed E-state index contributed by atoms with van der Waals surface area (Å²) in [5.41, 5.74) is 2.26. The van der Waals surface area contributed by atoms with E-state index in [1.165, 1.54) is 0 Å². The van der Waals surface area contributed by atoms with Gasteiger partial charge in [0.15, 0.2) is 0 Å². The van der Waals surface area contributed by atoms with Gasteiger partial charge in [0.1, 0.15) is 11.9 Å². The van der Waals surface area contributed by atoms with Crippen LogP contribution in [-0.2, 0) is 11.2 Å². The van der Waals surface area contributed by atoms with E-state index in [9.17, 15) is 15.0 Å². The molecule has 0 saturated heterocycles. The average Bonchev–Trinajstić information content (AvgIpc) is 3.29. The van der Waals surface area contributed by atoms with E-state index in [0.717, 1.165) is 42.7 Å². The van der Waals surface area contributed by atoms with Crippen LogP contribution in [0.5, 0.6) is 5.75 Å². The van der Waals surface area contributed by atoms with Gasteiger partial charge in [-0.05, 0) is 37.7 Å². The quantitative estimate of drug-likeness (QED) is 0.383. The number of ether oxygens (including phenoxy) is 1. The molecule has 1 amide bonds. The number of nitrogens with one attached hydrogen (secondary N) is 1. The van der Waals surface area contributed by atoms with Gasteiger partial charge in [-0.2, -0.15) is 0 Å². The van der Waals surface area contributed by atoms with Crippen molar-refractivity contribution in [2.45, 2.75) is 83.5 Å². The molecule has 2 aliphatic rings. The molecule has 1 aliphatic heterocycles. The zero-order chi connectivity index (χ0) is 23.1. The molecule has 1 heterocycles. The van der Waals surface area contributed by atoms with Crippen molar-refractivity contribution in [1.82, 2.24) is 5.32 Å². The Bertz CT molecular complexity index is 868. The Morgan fingerprint density at radius 1 is 1.41 bits per heavy atom. The molecule has 5 heteroatoms. The molecule has 1 saturated carbocycles. The van der Waals surface area contributed by atoms with E-state index in [1.807, 2.05) is 32.1 Å². The number of fused-ring (bicyclic) bond motifs is 3. The molecular formula is C27H37NO4. The molecule has 1 aliphatic carbocycles. The first-order chi connectivity index (χ1) is 15.5. The number of benzene rings is 1. The van der Waals surface area contributed by atoms with Crippen molar-refractivity contribution in [3.05, 3.63) is 41.5 Å². The van der Waals surface area contributed by atoms with Crippen LogP contribution in [0.15, 0.2) is 30.4 Å². The largest absolute Gasteiger partial charge is 0.489 e. The molecule has 6 atom stereocenters. The van der Waals surface area contributed by atoms with Crippen molar-refractivity contribution in [1.29, 1.82) is 0 Å². The fraction of sp³-hybridized carbons (Fsp3) is 0.593. The van der Waals surface area contributed by atoms with Crippen molar-refractivity contribution < 1.29 is 19.7 Å². The van der Waals surface area contributed by atoms with Crippen molar-refractivity contribution in [2.24, 2.45) is 11.8 Å². The highest BCUT2D eigenvalue weighted by Gasteiger charge is 2.48. The van der Waals surface area contributed by atoms with Crippen LogP contribution in [0.3, 0.4) is 0 Å². The minimum absolute atomic E-state index is 0.0429. The second-order valence-electron chi connectivity index (χ2n) is 9.09. The summed E-state index contributed by atoms with van der Waals surface area (Å²) in [4.78, 5) is 11.9. The number of aliphatic hydroxyl groups is 2. The molecule has 32 heavy (non-hydrogen) atoms. The van der Waals surface area contributed by atoms with Gasteiger partial charge in [-0.25, -0.2) is 0 Å². The highest BCUT2D eigenvalue weighted by molar-refractivity contribution is 5.75. The fourth-order valence-corrected chi connectivity index (χ4v) is 4.77. The van der Waals surface area contributed by atoms with Crippen LogP contribution < -0.4 is 10.1 Å². The number of carbonyl (C=O) groups is 1. The second-order valence-corrected chi connectivity index (χ2v) is 9.09. The Kier molecular flexibility index (Phi) is 8.78. The fourth-order valence-electron chi connectivity index (χ4n) is 4.77. The Morgan fingerprint density at radius 3 is 2.97 bits per heavy atom. The number of rotatable bonds is 10. The molecule has 0 radical (unpaired) electrons. The predicted molar refractivity (Wildman–Crippen MR) is 126 cm³/mol. The monoisotopic (exact) mass is 439 g/mol. The van der Waals surface area contributed by atoms with E-state index in [4.69, 9.17) is 4.74 Å². The van der Waals surface area contributed by atoms with Gasteiger partial charge in [-0.3, -0.25) is 4.79 Å². The van der Waals surface area contributed by atoms with Gasteiger partial charge >= 0.3 is 0 Å². The van der Waals surface area contributed by atoms with E-state index in [0.29, 0.717) is 19.3 Å². The van der Waals surface area contributed by atoms with Crippen molar-refractivity contribution in [2.75, 3.05) is 6.54 Å². The van der Waals surface area contributed by atoms with E-state index < -0.39 is 12.2 Å². The van der Waals surface area contributed by atoms with E-state index in [-0.39, 0.29) is 29.8 Å². The van der Waals surface area contributed by atoms with Gasteiger partial charge in [0.2, 0.25) is 5.91 Å². The maximum Gasteiger partial charge on any atom is 0.220 e. The molecule has 0 unspecified atom stereocenters. The normalized spacial score (nSPS) is 25.4. The molecule has 5 nitrogen and oxygen atoms in total. The van der Waals surface area contributed by atoms with Gasteiger partial charge in [0, 0.05) is 43.2 Å². The molecule has 0 aromatic heterocycles. The number of para-hydroxylation sites is 1. The Labute approximate surface area is 192 Å². The summed E-state index contributed by atoms with van der Waals surface area (Å²) in [6.07, 6.45) is 6.91. The first-order valence-electron chi connectivity index (χ1n) is 11.9. The molecule has 1 aromatic rings. The lowest BCUT2D eigenvalue weighted by molar-refractivity contribution is -0.121. The summed E-state index contributed by atoms with van der Waals surface area (Å²) in [5, 5.41) is 24.1. The lowest BCUT2D eigenvalue weighted by atomic mass is 9.86. The van der Waals surface area contributed by atoms with E-state index in [2.05, 4.69) is 29.3 Å². The third-order valence-electron chi connectivity index (χ3n) is 6.63. The molecule has 3 N–H and O–H groups in total. The first kappa shape index (κ1) is 24.4. The summed E-state index contributed by atoms with van der Waals surface area (Å²) >= 11 is 0. The lowest BCUT2D eigenvalue weighted by Crippen LogP contribution is -2.23. The molecule has 174 valence electrons. The number of carbonyl (C=O) groups excluding carboxylic acids is 1. The van der Waals surface area contributed by atoms with Crippen LogP contribution in [0.4, 0.5) is 0 Å². The smallest absolute Gasteiger partial charge is 0.220 e. The molecule has 0 bridgehead atoms. The minimum atomic E-state index is -0.589. The van der Waals surface area contributed by atoms with Crippen LogP contribution in [0.2, 0.25) is 0 Å². The van der Waals surface area contributed by atoms with Crippen LogP contribution >= 0.6 is 0 Å². The maximum absolute atomic E-state index is 11.9. The third kappa shape index (κ3) is 5.74. The van der Waals surface area contributed by atoms with Crippen LogP contribution in [0.25, 0.3) is 0 Å². The third-order valence-corrected chi connectivity index (χ3v) is 6.63. The SMILES string of the molecule is CC#CC[C@@H](C)[C@H](O)/C=C/[C@@H]1[C@H]2c3cccc(CCCC(=O)NCCC)c3O[C@H]2C[C@H]1O. The Balaban J connectivity index is 1.67. The number of hydrogen-bond donors (Lipinski definition) is 3. The Morgan fingerprint density at radius 2 is 2.22 bits per heavy atom. The lowest BCUT2D eigenvalue weighted by Gasteiger charge is -2.19. The van der Waals surface area contributed by atoms with Gasteiger partial charge < -0.3 is 20.3 Å². The van der Waals surface area contributed by atoms with Gasteiger partial charge in [-0.1, -0.05) is 44.2 Å². The number of hydrogen-bond acceptors (Lipinski definition) is 4. The molecular weight excluding hydrogens is 402 g/mol. The predicted octanol–water partition coefficient (Wildman–Crippen LogP) is 3.73. The second kappa shape index (κ2) is 11.5. The highest BCUT2D eigenvalue weighted by atomic mass is 16.5. The zero-order valence-corrected chi connectivity index (χ0v) is 19.5. The topological polar surface area (TPSA) is 78.8 Å². The van der Waals surface area contributed by atoms with Gasteiger partial charge in [-0.15, -0.1) is 11.8 Å². The summed E-state index contributed by atoms with van der Waals surface area (Å²) < 4.78 is 6.32. The molecule has 3 rings (SSSR count). The summed E-state index contributed by atoms with van der Waals surface area (Å²) in [6.45, 7) is 6.55. The van der Waals surface area contributed by atoms with E-state index in [1.54, 1.807) is 6.92 Å². The van der Waals surface area contributed by atoms with Crippen LogP contribution in [-0.4, -0.2) is 41.0 Å². The zero-order valence-electron chi connectivity index (χ0n) is 19.5. The van der Waals surface area contributed by atoms with E-state index >= 15 is 0 Å². The summed E-state index contributed by atoms with van der Waals surface area (Å²) in [6, 6.07) is 6.21. The highest BCUT2D eigenvalue weighted by Crippen LogP contribution is 2.52. The maximum atomic E-state index is 11.9. The summed E-state index contributed by atoms with van der Waals surface area (Å²) in [5.74, 6) is 6.95. The van der Waals surface area contributed by atoms with Crippen molar-refractivity contribution in [3.8, 4) is 17.6 Å². The minimum Gasteiger partial charge on any atom is -0.489 e. The van der Waals surface area contributed by atoms with Crippen LogP contribution in [0, 0.1) is 23.7 Å². The number of amides is 1. The number of aliphatic hydroxyl groups excluding tert-OH is 2. The summed E-state index contributed by atoms with van der Waals surface area (Å²) in [7, 11) is 0. The standard InChI is InChI=1S/C27H37NO4/c1-4-6-9-18(3)22(29)15-14-20-23(30)17-24-26(20)21-12-7-10-19(27(21)32-24)11-8-13-25(31)28-16-5-2/h7,10,12,14-15,18,20,22-24,26,29-30H,5,8-9,11,13,16-17H2,1-3H3,(H,28,31)/b15-14+/t18-,20+,22-,23-,24+,26+/m1/s1. The van der Waals surface area contributed by atoms with Gasteiger partial charge in [0.05, 0.1) is 12.2 Å². The first-order valence-corrected chi connectivity index (χ1v) is 11.9.